The van der Waals surface area contributed by atoms with Crippen LogP contribution in [-0.2, 0) is 37.2 Å². The van der Waals surface area contributed by atoms with Crippen LogP contribution in [0.4, 0.5) is 30.7 Å². The first kappa shape index (κ1) is 23.7. The van der Waals surface area contributed by atoms with E-state index in [4.69, 9.17) is 0 Å². The van der Waals surface area contributed by atoms with Crippen LogP contribution in [0, 0.1) is 11.7 Å². The van der Waals surface area contributed by atoms with Gasteiger partial charge in [-0.1, -0.05) is 13.0 Å². The minimum Gasteiger partial charge on any atom is -0.254 e. The number of sulfonamides is 1. The number of nitrogens with zero attached hydrogens (tertiary/aromatic N) is 2. The van der Waals surface area contributed by atoms with E-state index in [-0.39, 0.29) is 27.5 Å². The molecule has 1 heterocycles. The van der Waals surface area contributed by atoms with Crippen LogP contribution in [0.5, 0.6) is 0 Å². The number of rotatable bonds is 4. The molecule has 0 amide bonds. The van der Waals surface area contributed by atoms with Crippen molar-refractivity contribution in [3.05, 3.63) is 34.6 Å². The molecule has 174 valence electrons. The van der Waals surface area contributed by atoms with Gasteiger partial charge in [0.1, 0.15) is 11.9 Å². The molecular formula is C15H13F7N2O5S2. The van der Waals surface area contributed by atoms with E-state index in [1.165, 1.54) is 6.92 Å². The number of benzene rings is 1. The summed E-state index contributed by atoms with van der Waals surface area (Å²) >= 11 is 0. The van der Waals surface area contributed by atoms with E-state index in [0.29, 0.717) is 6.21 Å². The fourth-order valence-corrected chi connectivity index (χ4v) is 5.18. The van der Waals surface area contributed by atoms with Crippen LogP contribution in [0.1, 0.15) is 29.7 Å². The lowest BCUT2D eigenvalue weighted by Gasteiger charge is -2.37. The van der Waals surface area contributed by atoms with Gasteiger partial charge in [0.05, 0.1) is 12.0 Å². The molecule has 3 rings (SSSR count). The van der Waals surface area contributed by atoms with Crippen LogP contribution in [0.2, 0.25) is 0 Å². The van der Waals surface area contributed by atoms with Crippen LogP contribution in [-0.4, -0.2) is 44.5 Å². The van der Waals surface area contributed by atoms with Gasteiger partial charge < -0.3 is 0 Å². The molecule has 7 nitrogen and oxygen atoms in total. The molecule has 1 aromatic rings. The molecule has 3 unspecified atom stereocenters. The summed E-state index contributed by atoms with van der Waals surface area (Å²) in [5, 5.41) is 3.17. The fraction of sp³-hybridized carbons (Fsp3) is 0.533. The van der Waals surface area contributed by atoms with Crippen LogP contribution in [0.3, 0.4) is 0 Å². The highest BCUT2D eigenvalue weighted by molar-refractivity contribution is 7.90. The Bertz CT molecular complexity index is 1130. The molecule has 1 aromatic carbocycles. The van der Waals surface area contributed by atoms with Crippen molar-refractivity contribution in [1.82, 2.24) is 4.41 Å². The maximum absolute atomic E-state index is 14.3. The lowest BCUT2D eigenvalue weighted by Crippen LogP contribution is -2.48. The largest absolute Gasteiger partial charge is 0.523 e. The van der Waals surface area contributed by atoms with Crippen LogP contribution < -0.4 is 0 Å². The minimum atomic E-state index is -6.27. The molecule has 0 saturated heterocycles. The first-order valence-corrected chi connectivity index (χ1v) is 11.3. The smallest absolute Gasteiger partial charge is 0.254 e. The average Bonchev–Trinajstić information content (AvgIpc) is 3.04. The van der Waals surface area contributed by atoms with Gasteiger partial charge in [0, 0.05) is 6.21 Å². The quantitative estimate of drug-likeness (QED) is 0.362. The Morgan fingerprint density at radius 1 is 1.10 bits per heavy atom. The minimum absolute atomic E-state index is 0.0604. The van der Waals surface area contributed by atoms with Gasteiger partial charge in [-0.3, -0.25) is 4.18 Å². The van der Waals surface area contributed by atoms with Crippen molar-refractivity contribution >= 4 is 26.4 Å². The van der Waals surface area contributed by atoms with Crippen molar-refractivity contribution in [2.45, 2.75) is 42.9 Å². The Morgan fingerprint density at radius 2 is 1.71 bits per heavy atom. The number of hydrogen-bond acceptors (Lipinski definition) is 6. The van der Waals surface area contributed by atoms with Crippen molar-refractivity contribution < 1.29 is 51.8 Å². The molecule has 3 atom stereocenters. The van der Waals surface area contributed by atoms with Gasteiger partial charge >= 0.3 is 31.2 Å². The van der Waals surface area contributed by atoms with Gasteiger partial charge in [0.25, 0.3) is 0 Å². The maximum atomic E-state index is 14.3. The normalized spacial score (nSPS) is 24.3. The summed E-state index contributed by atoms with van der Waals surface area (Å²) < 4.78 is 143. The predicted molar refractivity (Wildman–Crippen MR) is 90.9 cm³/mol. The highest BCUT2D eigenvalue weighted by atomic mass is 32.2. The molecule has 0 saturated carbocycles. The van der Waals surface area contributed by atoms with Crippen LogP contribution in [0.15, 0.2) is 17.2 Å². The number of fused-ring (bicyclic) bond motifs is 2. The van der Waals surface area contributed by atoms with E-state index in [1.54, 1.807) is 0 Å². The summed E-state index contributed by atoms with van der Waals surface area (Å²) in [5.74, 6) is -2.55. The topological polar surface area (TPSA) is 93.1 Å². The first-order chi connectivity index (χ1) is 14.0. The molecule has 31 heavy (non-hydrogen) atoms. The van der Waals surface area contributed by atoms with Gasteiger partial charge in [-0.05, 0) is 35.6 Å². The van der Waals surface area contributed by atoms with Crippen LogP contribution >= 0.6 is 0 Å². The van der Waals surface area contributed by atoms with Crippen molar-refractivity contribution in [3.8, 4) is 0 Å². The van der Waals surface area contributed by atoms with Crippen molar-refractivity contribution in [2.75, 3.05) is 0 Å². The van der Waals surface area contributed by atoms with Gasteiger partial charge in [0.15, 0.2) is 0 Å². The summed E-state index contributed by atoms with van der Waals surface area (Å²) in [4.78, 5) is 0. The number of halogens is 7. The van der Waals surface area contributed by atoms with E-state index in [0.717, 1.165) is 12.1 Å². The Morgan fingerprint density at radius 3 is 2.23 bits per heavy atom. The van der Waals surface area contributed by atoms with Crippen molar-refractivity contribution in [3.63, 3.8) is 0 Å². The van der Waals surface area contributed by atoms with E-state index >= 15 is 0 Å². The zero-order valence-corrected chi connectivity index (χ0v) is 16.9. The Kier molecular flexibility index (Phi) is 5.58. The zero-order chi connectivity index (χ0) is 23.6. The predicted octanol–water partition coefficient (Wildman–Crippen LogP) is 2.99. The second kappa shape index (κ2) is 7.30. The summed E-state index contributed by atoms with van der Waals surface area (Å²) in [7, 11) is -12.3. The average molecular weight is 498 g/mol. The lowest BCUT2D eigenvalue weighted by atomic mass is 9.77. The molecule has 0 radical (unpaired) electrons. The lowest BCUT2D eigenvalue weighted by molar-refractivity contribution is -0.0602. The molecule has 0 spiro atoms. The molecule has 0 fully saturated rings. The molecular weight excluding hydrogens is 485 g/mol. The van der Waals surface area contributed by atoms with E-state index in [9.17, 15) is 47.6 Å². The zero-order valence-electron chi connectivity index (χ0n) is 15.3. The standard InChI is InChI=1S/C15H13F7N2O5S2/c1-2-8-10(16)4-3-7-5-11-9(6-23-24(11)30(25,26)14(17,18)19)13(12(7)8)29-31(27,28)15(20,21)22/h3-4,6,9,11,13H,2,5H2,1H3. The Balaban J connectivity index is 2.18. The molecule has 2 aliphatic rings. The fourth-order valence-electron chi connectivity index (χ4n) is 3.61. The van der Waals surface area contributed by atoms with Gasteiger partial charge in [0.2, 0.25) is 0 Å². The third kappa shape index (κ3) is 3.77. The number of hydrogen-bond donors (Lipinski definition) is 0. The number of hydrazone groups is 1. The molecule has 1 aliphatic carbocycles. The highest BCUT2D eigenvalue weighted by Gasteiger charge is 2.58. The second-order valence-corrected chi connectivity index (χ2v) is 10.1. The second-order valence-electron chi connectivity index (χ2n) is 6.71. The summed E-state index contributed by atoms with van der Waals surface area (Å²) in [6.45, 7) is 1.42. The molecule has 1 aliphatic heterocycles. The molecule has 0 aromatic heterocycles. The van der Waals surface area contributed by atoms with Gasteiger partial charge in [-0.15, -0.1) is 0 Å². The third-order valence-corrected chi connectivity index (χ3v) is 7.41. The highest BCUT2D eigenvalue weighted by Crippen LogP contribution is 2.47. The third-order valence-electron chi connectivity index (χ3n) is 4.94. The summed E-state index contributed by atoms with van der Waals surface area (Å²) in [6, 6.07) is 0.182. The Hall–Kier alpha value is -1.94. The van der Waals surface area contributed by atoms with Crippen LogP contribution in [0.25, 0.3) is 0 Å². The van der Waals surface area contributed by atoms with E-state index < -0.39 is 61.5 Å². The first-order valence-electron chi connectivity index (χ1n) is 8.47. The number of alkyl halides is 6. The van der Waals surface area contributed by atoms with Gasteiger partial charge in [-0.2, -0.15) is 52.7 Å². The monoisotopic (exact) mass is 498 g/mol. The Labute approximate surface area is 171 Å². The van der Waals surface area contributed by atoms with Crippen molar-refractivity contribution in [1.29, 1.82) is 0 Å². The van der Waals surface area contributed by atoms with Gasteiger partial charge in [-0.25, -0.2) is 4.39 Å². The SMILES string of the molecule is CCc1c(F)ccc2c1C(OS(=O)(=O)C(F)(F)F)C1C=NN(S(=O)(=O)C(F)(F)F)C1C2. The molecule has 16 heteroatoms. The summed E-state index contributed by atoms with van der Waals surface area (Å²) in [5.41, 5.74) is -12.2. The summed E-state index contributed by atoms with van der Waals surface area (Å²) in [6.07, 6.45) is -2.19. The molecule has 0 bridgehead atoms. The van der Waals surface area contributed by atoms with Crippen molar-refractivity contribution in [2.24, 2.45) is 11.0 Å². The van der Waals surface area contributed by atoms with E-state index in [2.05, 4.69) is 9.28 Å². The maximum Gasteiger partial charge on any atom is 0.523 e. The molecule has 0 N–H and O–H groups in total. The van der Waals surface area contributed by atoms with E-state index in [1.807, 2.05) is 0 Å².